The number of carboxylic acid groups (broad SMARTS) is 1. The topological polar surface area (TPSA) is 73.4 Å². The molecule has 1 aromatic heterocycles. The zero-order valence-corrected chi connectivity index (χ0v) is 12.9. The molecule has 122 valence electrons. The van der Waals surface area contributed by atoms with Crippen LogP contribution in [0.5, 0.6) is 0 Å². The van der Waals surface area contributed by atoms with Gasteiger partial charge in [0.25, 0.3) is 0 Å². The molecule has 1 aromatic carbocycles. The number of benzene rings is 1. The number of rotatable bonds is 3. The molecule has 0 radical (unpaired) electrons. The molecule has 3 rings (SSSR count). The van der Waals surface area contributed by atoms with E-state index in [2.05, 4.69) is 4.98 Å². The first-order chi connectivity index (χ1) is 11.0. The Morgan fingerprint density at radius 3 is 2.96 bits per heavy atom. The predicted molar refractivity (Wildman–Crippen MR) is 83.5 cm³/mol. The fourth-order valence-corrected chi connectivity index (χ4v) is 3.39. The molecule has 0 bridgehead atoms. The maximum atomic E-state index is 13.2. The minimum atomic E-state index is -0.849. The lowest BCUT2D eigenvalue weighted by atomic mass is 9.90. The zero-order valence-electron chi connectivity index (χ0n) is 12.9. The first-order valence-electron chi connectivity index (χ1n) is 7.75. The summed E-state index contributed by atoms with van der Waals surface area (Å²) >= 11 is 0. The van der Waals surface area contributed by atoms with Crippen LogP contribution in [0.2, 0.25) is 0 Å². The van der Waals surface area contributed by atoms with Gasteiger partial charge in [-0.1, -0.05) is 0 Å². The van der Waals surface area contributed by atoms with E-state index >= 15 is 0 Å². The Kier molecular flexibility index (Phi) is 4.07. The Labute approximate surface area is 133 Å². The number of amides is 1. The highest BCUT2D eigenvalue weighted by Gasteiger charge is 2.35. The van der Waals surface area contributed by atoms with Crippen LogP contribution < -0.4 is 0 Å². The van der Waals surface area contributed by atoms with E-state index in [1.54, 1.807) is 24.1 Å². The van der Waals surface area contributed by atoms with Crippen LogP contribution in [0.1, 0.15) is 25.3 Å². The van der Waals surface area contributed by atoms with E-state index in [1.807, 2.05) is 0 Å². The van der Waals surface area contributed by atoms with Crippen LogP contribution in [0.3, 0.4) is 0 Å². The van der Waals surface area contributed by atoms with Crippen LogP contribution in [-0.2, 0) is 16.0 Å². The monoisotopic (exact) mass is 318 g/mol. The molecule has 0 spiro atoms. The summed E-state index contributed by atoms with van der Waals surface area (Å²) in [6, 6.07) is 4.11. The second-order valence-corrected chi connectivity index (χ2v) is 6.10. The van der Waals surface area contributed by atoms with Crippen molar-refractivity contribution in [2.24, 2.45) is 5.92 Å². The summed E-state index contributed by atoms with van der Waals surface area (Å²) in [6.45, 7) is 2.38. The molecule has 1 fully saturated rings. The number of carbonyl (C=O) groups excluding carboxylic acids is 1. The minimum absolute atomic E-state index is 0.0892. The molecule has 1 aliphatic heterocycles. The van der Waals surface area contributed by atoms with Crippen LogP contribution in [0.4, 0.5) is 4.39 Å². The van der Waals surface area contributed by atoms with Crippen LogP contribution in [0.15, 0.2) is 24.4 Å². The van der Waals surface area contributed by atoms with E-state index in [1.165, 1.54) is 12.1 Å². The summed E-state index contributed by atoms with van der Waals surface area (Å²) in [5, 5.41) is 10.1. The molecule has 0 saturated carbocycles. The van der Waals surface area contributed by atoms with Gasteiger partial charge in [-0.25, -0.2) is 4.39 Å². The predicted octanol–water partition coefficient (Wildman–Crippen LogP) is 2.56. The SMILES string of the molecule is C[C@@H]1[C@H](C(=O)O)CCCN1C(=O)Cc1c[nH]c2cc(F)ccc12. The Bertz CT molecular complexity index is 755. The third-order valence-corrected chi connectivity index (χ3v) is 4.70. The van der Waals surface area contributed by atoms with Gasteiger partial charge < -0.3 is 15.0 Å². The number of carbonyl (C=O) groups is 2. The number of carboxylic acids is 1. The van der Waals surface area contributed by atoms with Crippen molar-refractivity contribution < 1.29 is 19.1 Å². The fraction of sp³-hybridized carbons (Fsp3) is 0.412. The van der Waals surface area contributed by atoms with Crippen molar-refractivity contribution >= 4 is 22.8 Å². The van der Waals surface area contributed by atoms with Crippen molar-refractivity contribution in [1.82, 2.24) is 9.88 Å². The van der Waals surface area contributed by atoms with Crippen LogP contribution in [-0.4, -0.2) is 39.5 Å². The lowest BCUT2D eigenvalue weighted by Gasteiger charge is -2.37. The second kappa shape index (κ2) is 6.02. The van der Waals surface area contributed by atoms with Crippen LogP contribution in [0, 0.1) is 11.7 Å². The van der Waals surface area contributed by atoms with Gasteiger partial charge in [-0.15, -0.1) is 0 Å². The number of H-pyrrole nitrogens is 1. The molecule has 2 aromatic rings. The number of aliphatic carboxylic acids is 1. The molecule has 2 N–H and O–H groups in total. The van der Waals surface area contributed by atoms with Crippen molar-refractivity contribution in [3.8, 4) is 0 Å². The third kappa shape index (κ3) is 2.93. The van der Waals surface area contributed by atoms with E-state index in [0.717, 1.165) is 10.9 Å². The number of hydrogen-bond donors (Lipinski definition) is 2. The molecule has 1 amide bonds. The average molecular weight is 318 g/mol. The highest BCUT2D eigenvalue weighted by molar-refractivity contribution is 5.89. The lowest BCUT2D eigenvalue weighted by molar-refractivity contribution is -0.148. The molecule has 2 atom stereocenters. The maximum absolute atomic E-state index is 13.2. The number of hydrogen-bond acceptors (Lipinski definition) is 2. The standard InChI is InChI=1S/C17H19FN2O3/c1-10-13(17(22)23)3-2-6-20(10)16(21)7-11-9-19-15-8-12(18)4-5-14(11)15/h4-5,8-10,13,19H,2-3,6-7H2,1H3,(H,22,23)/t10-,13-/m1/s1. The summed E-state index contributed by atoms with van der Waals surface area (Å²) in [7, 11) is 0. The highest BCUT2D eigenvalue weighted by Crippen LogP contribution is 2.26. The molecule has 1 aliphatic rings. The number of nitrogens with one attached hydrogen (secondary N) is 1. The molecule has 2 heterocycles. The van der Waals surface area contributed by atoms with Gasteiger partial charge in [0.15, 0.2) is 0 Å². The Morgan fingerprint density at radius 2 is 2.22 bits per heavy atom. The van der Waals surface area contributed by atoms with E-state index in [0.29, 0.717) is 24.9 Å². The van der Waals surface area contributed by atoms with Gasteiger partial charge in [-0.2, -0.15) is 0 Å². The van der Waals surface area contributed by atoms with Crippen molar-refractivity contribution in [2.75, 3.05) is 6.54 Å². The number of halogens is 1. The second-order valence-electron chi connectivity index (χ2n) is 6.10. The summed E-state index contributed by atoms with van der Waals surface area (Å²) in [5.74, 6) is -1.78. The Morgan fingerprint density at radius 1 is 1.43 bits per heavy atom. The molecule has 5 nitrogen and oxygen atoms in total. The van der Waals surface area contributed by atoms with Crippen molar-refractivity contribution in [3.63, 3.8) is 0 Å². The van der Waals surface area contributed by atoms with E-state index in [4.69, 9.17) is 0 Å². The van der Waals surface area contributed by atoms with Gasteiger partial charge in [-0.05, 0) is 43.5 Å². The highest BCUT2D eigenvalue weighted by atomic mass is 19.1. The first kappa shape index (κ1) is 15.5. The molecule has 23 heavy (non-hydrogen) atoms. The third-order valence-electron chi connectivity index (χ3n) is 4.70. The van der Waals surface area contributed by atoms with Gasteiger partial charge in [0.05, 0.1) is 12.3 Å². The van der Waals surface area contributed by atoms with Crippen LogP contribution in [0.25, 0.3) is 10.9 Å². The van der Waals surface area contributed by atoms with Crippen molar-refractivity contribution in [2.45, 2.75) is 32.2 Å². The molecular formula is C17H19FN2O3. The molecule has 1 saturated heterocycles. The zero-order chi connectivity index (χ0) is 16.6. The van der Waals surface area contributed by atoms with E-state index in [9.17, 15) is 19.1 Å². The first-order valence-corrected chi connectivity index (χ1v) is 7.75. The van der Waals surface area contributed by atoms with Gasteiger partial charge in [0.2, 0.25) is 5.91 Å². The quantitative estimate of drug-likeness (QED) is 0.913. The lowest BCUT2D eigenvalue weighted by Crippen LogP contribution is -2.49. The van der Waals surface area contributed by atoms with Crippen molar-refractivity contribution in [3.05, 3.63) is 35.8 Å². The summed E-state index contributed by atoms with van der Waals surface area (Å²) in [5.41, 5.74) is 1.46. The van der Waals surface area contributed by atoms with Crippen molar-refractivity contribution in [1.29, 1.82) is 0 Å². The normalized spacial score (nSPS) is 21.6. The number of aromatic amines is 1. The number of nitrogens with zero attached hydrogens (tertiary/aromatic N) is 1. The molecular weight excluding hydrogens is 299 g/mol. The minimum Gasteiger partial charge on any atom is -0.481 e. The molecule has 6 heteroatoms. The molecule has 0 unspecified atom stereocenters. The van der Waals surface area contributed by atoms with E-state index in [-0.39, 0.29) is 24.2 Å². The number of fused-ring (bicyclic) bond motifs is 1. The fourth-order valence-electron chi connectivity index (χ4n) is 3.39. The Balaban J connectivity index is 1.79. The number of piperidine rings is 1. The smallest absolute Gasteiger partial charge is 0.308 e. The Hall–Kier alpha value is -2.37. The number of aromatic nitrogens is 1. The van der Waals surface area contributed by atoms with Gasteiger partial charge >= 0.3 is 5.97 Å². The largest absolute Gasteiger partial charge is 0.481 e. The maximum Gasteiger partial charge on any atom is 0.308 e. The summed E-state index contributed by atoms with van der Waals surface area (Å²) in [4.78, 5) is 28.5. The van der Waals surface area contributed by atoms with E-state index < -0.39 is 11.9 Å². The molecule has 0 aliphatic carbocycles. The summed E-state index contributed by atoms with van der Waals surface area (Å²) in [6.07, 6.45) is 3.20. The average Bonchev–Trinajstić information content (AvgIpc) is 2.89. The number of likely N-dealkylation sites (tertiary alicyclic amines) is 1. The van der Waals surface area contributed by atoms with Gasteiger partial charge in [0, 0.05) is 29.7 Å². The van der Waals surface area contributed by atoms with Gasteiger partial charge in [-0.3, -0.25) is 9.59 Å². The van der Waals surface area contributed by atoms with Crippen LogP contribution >= 0.6 is 0 Å². The van der Waals surface area contributed by atoms with Gasteiger partial charge in [0.1, 0.15) is 5.82 Å². The summed E-state index contributed by atoms with van der Waals surface area (Å²) < 4.78 is 13.2.